The molecule has 0 aliphatic carbocycles. The van der Waals surface area contributed by atoms with Crippen molar-refractivity contribution in [3.63, 3.8) is 0 Å². The molecule has 1 N–H and O–H groups in total. The summed E-state index contributed by atoms with van der Waals surface area (Å²) < 4.78 is 7.95. The van der Waals surface area contributed by atoms with E-state index in [0.717, 1.165) is 42.7 Å². The van der Waals surface area contributed by atoms with Gasteiger partial charge in [-0.1, -0.05) is 39.4 Å². The second-order valence-electron chi connectivity index (χ2n) is 6.03. The molecule has 0 amide bonds. The molecule has 0 bridgehead atoms. The van der Waals surface area contributed by atoms with E-state index in [1.54, 1.807) is 11.6 Å². The lowest BCUT2D eigenvalue weighted by atomic mass is 10.1. The van der Waals surface area contributed by atoms with E-state index in [4.69, 9.17) is 9.84 Å². The van der Waals surface area contributed by atoms with E-state index < -0.39 is 0 Å². The Bertz CT molecular complexity index is 1270. The maximum Gasteiger partial charge on any atom is 0.235 e. The van der Waals surface area contributed by atoms with Crippen LogP contribution in [0.3, 0.4) is 0 Å². The monoisotopic (exact) mass is 452 g/mol. The zero-order chi connectivity index (χ0) is 19.1. The predicted molar refractivity (Wildman–Crippen MR) is 111 cm³/mol. The largest absolute Gasteiger partial charge is 0.497 e. The van der Waals surface area contributed by atoms with Crippen molar-refractivity contribution in [2.75, 3.05) is 7.11 Å². The molecule has 0 unspecified atom stereocenters. The van der Waals surface area contributed by atoms with Crippen LogP contribution < -0.4 is 4.74 Å². The predicted octanol–water partition coefficient (Wildman–Crippen LogP) is 4.68. The van der Waals surface area contributed by atoms with E-state index in [1.807, 2.05) is 54.6 Å². The van der Waals surface area contributed by atoms with E-state index in [2.05, 4.69) is 36.3 Å². The fourth-order valence-electron chi connectivity index (χ4n) is 2.87. The van der Waals surface area contributed by atoms with Crippen molar-refractivity contribution in [2.45, 2.75) is 0 Å². The molecule has 9 heteroatoms. The number of hydrogen-bond donors (Lipinski definition) is 1. The summed E-state index contributed by atoms with van der Waals surface area (Å²) in [7, 11) is 1.65. The van der Waals surface area contributed by atoms with Crippen molar-refractivity contribution in [1.82, 2.24) is 30.0 Å². The van der Waals surface area contributed by atoms with Crippen LogP contribution in [0.1, 0.15) is 0 Å². The number of halogens is 1. The van der Waals surface area contributed by atoms with Gasteiger partial charge in [0.25, 0.3) is 0 Å². The number of aromatic nitrogens is 6. The zero-order valence-corrected chi connectivity index (χ0v) is 17.0. The first kappa shape index (κ1) is 17.1. The number of methoxy groups -OCH3 is 1. The molecule has 5 aromatic rings. The van der Waals surface area contributed by atoms with Gasteiger partial charge in [-0.3, -0.25) is 5.10 Å². The second kappa shape index (κ2) is 6.84. The Morgan fingerprint density at radius 3 is 2.68 bits per heavy atom. The first-order valence-corrected chi connectivity index (χ1v) is 10.0. The summed E-state index contributed by atoms with van der Waals surface area (Å²) in [5, 5.41) is 21.5. The highest BCUT2D eigenvalue weighted by atomic mass is 79.9. The van der Waals surface area contributed by atoms with E-state index in [1.165, 1.54) is 11.3 Å². The number of benzene rings is 2. The highest BCUT2D eigenvalue weighted by molar-refractivity contribution is 9.10. The van der Waals surface area contributed by atoms with Crippen molar-refractivity contribution in [3.8, 4) is 39.1 Å². The molecule has 0 atom stereocenters. The van der Waals surface area contributed by atoms with Crippen molar-refractivity contribution in [3.05, 3.63) is 59.1 Å². The molecule has 0 aliphatic rings. The number of aromatic amines is 1. The molecule has 0 saturated heterocycles. The Labute approximate surface area is 172 Å². The molecule has 0 radical (unpaired) electrons. The van der Waals surface area contributed by atoms with Crippen LogP contribution in [0.15, 0.2) is 59.1 Å². The fourth-order valence-corrected chi connectivity index (χ4v) is 4.10. The van der Waals surface area contributed by atoms with Crippen LogP contribution in [0.25, 0.3) is 38.3 Å². The van der Waals surface area contributed by atoms with Crippen molar-refractivity contribution in [2.24, 2.45) is 0 Å². The number of nitrogens with zero attached hydrogens (tertiary/aromatic N) is 5. The van der Waals surface area contributed by atoms with Gasteiger partial charge < -0.3 is 4.74 Å². The molecule has 2 aromatic carbocycles. The first-order valence-electron chi connectivity index (χ1n) is 8.39. The molecule has 0 fully saturated rings. The maximum absolute atomic E-state index is 5.20. The molecule has 5 rings (SSSR count). The van der Waals surface area contributed by atoms with Crippen LogP contribution in [0.4, 0.5) is 0 Å². The number of hydrogen-bond acceptors (Lipinski definition) is 6. The van der Waals surface area contributed by atoms with Gasteiger partial charge in [0.05, 0.1) is 12.8 Å². The van der Waals surface area contributed by atoms with Gasteiger partial charge in [0.2, 0.25) is 10.8 Å². The standard InChI is InChI=1S/C19H13BrN6OS/c1-27-14-7-5-11(6-8-14)15-10-16(22-21-15)17-23-24-19-26(17)25-18(28-19)12-3-2-4-13(20)9-12/h2-10H,1H3,(H,21,22). The molecular weight excluding hydrogens is 440 g/mol. The van der Waals surface area contributed by atoms with Crippen molar-refractivity contribution in [1.29, 1.82) is 0 Å². The number of rotatable bonds is 4. The number of fused-ring (bicyclic) bond motifs is 1. The van der Waals surface area contributed by atoms with Gasteiger partial charge in [0.15, 0.2) is 0 Å². The molecule has 28 heavy (non-hydrogen) atoms. The Kier molecular flexibility index (Phi) is 4.18. The van der Waals surface area contributed by atoms with E-state index >= 15 is 0 Å². The van der Waals surface area contributed by atoms with Crippen molar-refractivity contribution < 1.29 is 4.74 Å². The Morgan fingerprint density at radius 1 is 1.04 bits per heavy atom. The van der Waals surface area contributed by atoms with Gasteiger partial charge >= 0.3 is 0 Å². The van der Waals surface area contributed by atoms with E-state index in [0.29, 0.717) is 5.82 Å². The van der Waals surface area contributed by atoms with Crippen LogP contribution in [0, 0.1) is 0 Å². The zero-order valence-electron chi connectivity index (χ0n) is 14.6. The van der Waals surface area contributed by atoms with Gasteiger partial charge in [-0.25, -0.2) is 0 Å². The number of ether oxygens (including phenoxy) is 1. The smallest absolute Gasteiger partial charge is 0.235 e. The summed E-state index contributed by atoms with van der Waals surface area (Å²) in [6, 6.07) is 17.7. The lowest BCUT2D eigenvalue weighted by Crippen LogP contribution is -1.91. The van der Waals surface area contributed by atoms with Crippen LogP contribution in [-0.4, -0.2) is 37.1 Å². The number of H-pyrrole nitrogens is 1. The Morgan fingerprint density at radius 2 is 1.89 bits per heavy atom. The highest BCUT2D eigenvalue weighted by Gasteiger charge is 2.17. The minimum Gasteiger partial charge on any atom is -0.497 e. The molecule has 7 nitrogen and oxygen atoms in total. The molecule has 0 aliphatic heterocycles. The van der Waals surface area contributed by atoms with Crippen LogP contribution in [-0.2, 0) is 0 Å². The second-order valence-corrected chi connectivity index (χ2v) is 7.90. The molecule has 0 spiro atoms. The molecular formula is C19H13BrN6OS. The van der Waals surface area contributed by atoms with Crippen molar-refractivity contribution >= 4 is 32.2 Å². The van der Waals surface area contributed by atoms with Gasteiger partial charge in [-0.15, -0.1) is 10.2 Å². The summed E-state index contributed by atoms with van der Waals surface area (Å²) in [5.74, 6) is 1.43. The highest BCUT2D eigenvalue weighted by Crippen LogP contribution is 2.30. The van der Waals surface area contributed by atoms with Gasteiger partial charge in [-0.05, 0) is 42.5 Å². The third-order valence-corrected chi connectivity index (χ3v) is 5.71. The SMILES string of the molecule is COc1ccc(-c2cc(-c3nnc4sc(-c5cccc(Br)c5)nn34)[nH]n2)cc1. The third-order valence-electron chi connectivity index (χ3n) is 4.27. The lowest BCUT2D eigenvalue weighted by molar-refractivity contribution is 0.415. The summed E-state index contributed by atoms with van der Waals surface area (Å²) in [6.07, 6.45) is 0. The third kappa shape index (κ3) is 2.98. The van der Waals surface area contributed by atoms with Crippen LogP contribution in [0.5, 0.6) is 5.75 Å². The summed E-state index contributed by atoms with van der Waals surface area (Å²) in [5.41, 5.74) is 3.58. The Hall–Kier alpha value is -3.04. The summed E-state index contributed by atoms with van der Waals surface area (Å²) in [4.78, 5) is 0.727. The van der Waals surface area contributed by atoms with E-state index in [9.17, 15) is 0 Å². The normalized spacial score (nSPS) is 11.2. The van der Waals surface area contributed by atoms with Crippen LogP contribution in [0.2, 0.25) is 0 Å². The van der Waals surface area contributed by atoms with Gasteiger partial charge in [0, 0.05) is 15.6 Å². The lowest BCUT2D eigenvalue weighted by Gasteiger charge is -1.99. The summed E-state index contributed by atoms with van der Waals surface area (Å²) in [6.45, 7) is 0. The minimum atomic E-state index is 0.625. The average molecular weight is 453 g/mol. The maximum atomic E-state index is 5.20. The molecule has 138 valence electrons. The quantitative estimate of drug-likeness (QED) is 0.428. The van der Waals surface area contributed by atoms with Gasteiger partial charge in [0.1, 0.15) is 16.5 Å². The Balaban J connectivity index is 1.52. The minimum absolute atomic E-state index is 0.625. The average Bonchev–Trinajstić information content (AvgIpc) is 3.43. The van der Waals surface area contributed by atoms with Crippen LogP contribution >= 0.6 is 27.3 Å². The molecule has 3 heterocycles. The van der Waals surface area contributed by atoms with E-state index in [-0.39, 0.29) is 0 Å². The van der Waals surface area contributed by atoms with Gasteiger partial charge in [-0.2, -0.15) is 14.7 Å². The molecule has 0 saturated carbocycles. The topological polar surface area (TPSA) is 81.0 Å². The number of nitrogens with one attached hydrogen (secondary N) is 1. The first-order chi connectivity index (χ1) is 13.7. The fraction of sp³-hybridized carbons (Fsp3) is 0.0526. The summed E-state index contributed by atoms with van der Waals surface area (Å²) >= 11 is 4.99. The molecule has 3 aromatic heterocycles.